The number of hydrogen-bond acceptors (Lipinski definition) is 3. The summed E-state index contributed by atoms with van der Waals surface area (Å²) >= 11 is 0. The van der Waals surface area contributed by atoms with Gasteiger partial charge in [0, 0.05) is 18.2 Å². The molecular formula is C13H19F3N2O. The van der Waals surface area contributed by atoms with Crippen LogP contribution in [0.5, 0.6) is 5.75 Å². The third-order valence-electron chi connectivity index (χ3n) is 2.91. The first kappa shape index (κ1) is 15.5. The zero-order valence-corrected chi connectivity index (χ0v) is 11.2. The van der Waals surface area contributed by atoms with Crippen LogP contribution >= 0.6 is 0 Å². The monoisotopic (exact) mass is 276 g/mol. The van der Waals surface area contributed by atoms with Crippen LogP contribution in [0.3, 0.4) is 0 Å². The highest BCUT2D eigenvalue weighted by Gasteiger charge is 2.16. The van der Waals surface area contributed by atoms with Crippen LogP contribution in [0.15, 0.2) is 12.1 Å². The largest absolute Gasteiger partial charge is 0.432 e. The SMILES string of the molecule is CCC(Nc1cc(OC(F)F)c(F)cc1N)C(C)C. The Bertz CT molecular complexity index is 425. The molecule has 0 radical (unpaired) electrons. The molecule has 0 aliphatic rings. The molecule has 0 bridgehead atoms. The van der Waals surface area contributed by atoms with Crippen molar-refractivity contribution in [2.24, 2.45) is 5.92 Å². The maximum absolute atomic E-state index is 13.4. The highest BCUT2D eigenvalue weighted by atomic mass is 19.3. The molecule has 0 saturated heterocycles. The Balaban J connectivity index is 3.00. The number of ether oxygens (including phenoxy) is 1. The lowest BCUT2D eigenvalue weighted by Crippen LogP contribution is -2.25. The van der Waals surface area contributed by atoms with Gasteiger partial charge in [0.1, 0.15) is 0 Å². The fraction of sp³-hybridized carbons (Fsp3) is 0.538. The Labute approximate surface area is 110 Å². The molecule has 19 heavy (non-hydrogen) atoms. The van der Waals surface area contributed by atoms with Gasteiger partial charge in [0.05, 0.1) is 11.4 Å². The summed E-state index contributed by atoms with van der Waals surface area (Å²) in [4.78, 5) is 0. The second-order valence-corrected chi connectivity index (χ2v) is 4.65. The lowest BCUT2D eigenvalue weighted by Gasteiger charge is -2.23. The van der Waals surface area contributed by atoms with E-state index in [0.29, 0.717) is 11.6 Å². The number of nitrogens with two attached hydrogens (primary N) is 1. The number of nitrogens with one attached hydrogen (secondary N) is 1. The van der Waals surface area contributed by atoms with E-state index in [-0.39, 0.29) is 11.7 Å². The van der Waals surface area contributed by atoms with Gasteiger partial charge in [-0.05, 0) is 12.3 Å². The number of alkyl halides is 2. The molecule has 0 aliphatic carbocycles. The van der Waals surface area contributed by atoms with Crippen molar-refractivity contribution in [3.63, 3.8) is 0 Å². The second-order valence-electron chi connectivity index (χ2n) is 4.65. The van der Waals surface area contributed by atoms with Crippen LogP contribution in [-0.4, -0.2) is 12.7 Å². The molecule has 0 spiro atoms. The Kier molecular flexibility index (Phi) is 5.32. The van der Waals surface area contributed by atoms with Crippen LogP contribution in [-0.2, 0) is 0 Å². The molecule has 1 rings (SSSR count). The van der Waals surface area contributed by atoms with E-state index in [1.165, 1.54) is 6.07 Å². The van der Waals surface area contributed by atoms with Crippen molar-refractivity contribution >= 4 is 11.4 Å². The number of benzene rings is 1. The normalized spacial score (nSPS) is 12.8. The number of hydrogen-bond donors (Lipinski definition) is 2. The van der Waals surface area contributed by atoms with Crippen molar-refractivity contribution in [2.75, 3.05) is 11.1 Å². The molecule has 0 saturated carbocycles. The van der Waals surface area contributed by atoms with Gasteiger partial charge in [-0.3, -0.25) is 0 Å². The first-order valence-electron chi connectivity index (χ1n) is 6.15. The van der Waals surface area contributed by atoms with E-state index in [1.54, 1.807) is 0 Å². The lowest BCUT2D eigenvalue weighted by molar-refractivity contribution is -0.0521. The fourth-order valence-electron chi connectivity index (χ4n) is 1.82. The molecule has 3 nitrogen and oxygen atoms in total. The van der Waals surface area contributed by atoms with E-state index in [0.717, 1.165) is 12.5 Å². The maximum atomic E-state index is 13.4. The van der Waals surface area contributed by atoms with E-state index >= 15 is 0 Å². The first-order valence-corrected chi connectivity index (χ1v) is 6.15. The van der Waals surface area contributed by atoms with Crippen molar-refractivity contribution in [1.29, 1.82) is 0 Å². The van der Waals surface area contributed by atoms with Crippen molar-refractivity contribution in [1.82, 2.24) is 0 Å². The molecule has 0 aromatic heterocycles. The maximum Gasteiger partial charge on any atom is 0.387 e. The summed E-state index contributed by atoms with van der Waals surface area (Å²) in [6.45, 7) is 2.97. The lowest BCUT2D eigenvalue weighted by atomic mass is 10.0. The third-order valence-corrected chi connectivity index (χ3v) is 2.91. The van der Waals surface area contributed by atoms with Crippen LogP contribution in [0.1, 0.15) is 27.2 Å². The molecule has 1 aromatic carbocycles. The Hall–Kier alpha value is -1.59. The molecule has 0 heterocycles. The third kappa shape index (κ3) is 4.22. The highest BCUT2D eigenvalue weighted by molar-refractivity contribution is 5.69. The van der Waals surface area contributed by atoms with E-state index in [9.17, 15) is 13.2 Å². The summed E-state index contributed by atoms with van der Waals surface area (Å²) in [7, 11) is 0. The minimum Gasteiger partial charge on any atom is -0.432 e. The van der Waals surface area contributed by atoms with Crippen LogP contribution in [0.4, 0.5) is 24.5 Å². The van der Waals surface area contributed by atoms with Gasteiger partial charge in [-0.25, -0.2) is 4.39 Å². The standard InChI is InChI=1S/C13H19F3N2O/c1-4-10(7(2)3)18-11-6-12(19-13(15)16)8(14)5-9(11)17/h5-7,10,13,18H,4,17H2,1-3H3. The van der Waals surface area contributed by atoms with Crippen molar-refractivity contribution < 1.29 is 17.9 Å². The summed E-state index contributed by atoms with van der Waals surface area (Å²) in [6.07, 6.45) is 0.833. The van der Waals surface area contributed by atoms with Gasteiger partial charge in [-0.15, -0.1) is 0 Å². The van der Waals surface area contributed by atoms with Gasteiger partial charge in [-0.1, -0.05) is 20.8 Å². The predicted octanol–water partition coefficient (Wildman–Crippen LogP) is 3.86. The smallest absolute Gasteiger partial charge is 0.387 e. The molecule has 0 fully saturated rings. The summed E-state index contributed by atoms with van der Waals surface area (Å²) in [5.41, 5.74) is 6.24. The van der Waals surface area contributed by atoms with E-state index in [1.807, 2.05) is 20.8 Å². The van der Waals surface area contributed by atoms with Crippen LogP contribution in [0, 0.1) is 11.7 Å². The van der Waals surface area contributed by atoms with E-state index < -0.39 is 18.2 Å². The molecule has 108 valence electrons. The molecule has 1 atom stereocenters. The van der Waals surface area contributed by atoms with Crippen LogP contribution < -0.4 is 15.8 Å². The van der Waals surface area contributed by atoms with E-state index in [2.05, 4.69) is 10.1 Å². The highest BCUT2D eigenvalue weighted by Crippen LogP contribution is 2.30. The number of halogens is 3. The molecular weight excluding hydrogens is 257 g/mol. The van der Waals surface area contributed by atoms with E-state index in [4.69, 9.17) is 5.73 Å². The number of anilines is 2. The molecule has 1 unspecified atom stereocenters. The zero-order valence-electron chi connectivity index (χ0n) is 11.2. The quantitative estimate of drug-likeness (QED) is 0.776. The van der Waals surface area contributed by atoms with Gasteiger partial charge < -0.3 is 15.8 Å². The van der Waals surface area contributed by atoms with Crippen molar-refractivity contribution in [2.45, 2.75) is 39.8 Å². The zero-order chi connectivity index (χ0) is 14.6. The Morgan fingerprint density at radius 2 is 1.95 bits per heavy atom. The minimum atomic E-state index is -3.07. The summed E-state index contributed by atoms with van der Waals surface area (Å²) in [5.74, 6) is -1.08. The van der Waals surface area contributed by atoms with Crippen molar-refractivity contribution in [3.05, 3.63) is 17.9 Å². The number of rotatable bonds is 6. The number of nitrogen functional groups attached to an aromatic ring is 1. The molecule has 3 N–H and O–H groups in total. The topological polar surface area (TPSA) is 47.3 Å². The van der Waals surface area contributed by atoms with Crippen molar-refractivity contribution in [3.8, 4) is 5.75 Å². The molecule has 1 aromatic rings. The van der Waals surface area contributed by atoms with Gasteiger partial charge in [0.15, 0.2) is 11.6 Å². The predicted molar refractivity (Wildman–Crippen MR) is 70.0 cm³/mol. The summed E-state index contributed by atoms with van der Waals surface area (Å²) in [6, 6.07) is 2.27. The molecule has 0 amide bonds. The van der Waals surface area contributed by atoms with Gasteiger partial charge in [-0.2, -0.15) is 8.78 Å². The summed E-state index contributed by atoms with van der Waals surface area (Å²) < 4.78 is 41.8. The average molecular weight is 276 g/mol. The van der Waals surface area contributed by atoms with Gasteiger partial charge >= 0.3 is 6.61 Å². The average Bonchev–Trinajstić information content (AvgIpc) is 2.30. The first-order chi connectivity index (χ1) is 8.85. The molecule has 0 aliphatic heterocycles. The summed E-state index contributed by atoms with van der Waals surface area (Å²) in [5, 5.41) is 3.12. The Morgan fingerprint density at radius 1 is 1.32 bits per heavy atom. The second kappa shape index (κ2) is 6.54. The molecule has 6 heteroatoms. The van der Waals surface area contributed by atoms with Crippen LogP contribution in [0.25, 0.3) is 0 Å². The Morgan fingerprint density at radius 3 is 2.42 bits per heavy atom. The van der Waals surface area contributed by atoms with Gasteiger partial charge in [0.2, 0.25) is 0 Å². The van der Waals surface area contributed by atoms with Crippen LogP contribution in [0.2, 0.25) is 0 Å². The van der Waals surface area contributed by atoms with Gasteiger partial charge in [0.25, 0.3) is 0 Å². The fourth-order valence-corrected chi connectivity index (χ4v) is 1.82. The minimum absolute atomic E-state index is 0.118.